The average Bonchev–Trinajstić information content (AvgIpc) is 2.96. The van der Waals surface area contributed by atoms with Crippen molar-refractivity contribution in [2.45, 2.75) is 39.2 Å². The van der Waals surface area contributed by atoms with E-state index in [2.05, 4.69) is 62.4 Å². The second kappa shape index (κ2) is 8.34. The van der Waals surface area contributed by atoms with E-state index >= 15 is 0 Å². The van der Waals surface area contributed by atoms with Gasteiger partial charge in [-0.3, -0.25) is 0 Å². The fourth-order valence-electron chi connectivity index (χ4n) is 3.25. The predicted octanol–water partition coefficient (Wildman–Crippen LogP) is 2.91. The summed E-state index contributed by atoms with van der Waals surface area (Å²) in [6, 6.07) is 8.90. The Labute approximate surface area is 140 Å². The zero-order chi connectivity index (χ0) is 16.8. The van der Waals surface area contributed by atoms with Crippen molar-refractivity contribution >= 4 is 6.03 Å². The van der Waals surface area contributed by atoms with Gasteiger partial charge in [0.05, 0.1) is 0 Å². The smallest absolute Gasteiger partial charge is 0.317 e. The molecule has 1 N–H and O–H groups in total. The molecule has 0 spiro atoms. The maximum Gasteiger partial charge on any atom is 0.317 e. The van der Waals surface area contributed by atoms with Crippen LogP contribution in [-0.4, -0.2) is 55.6 Å². The first kappa shape index (κ1) is 17.8. The number of carbonyl (C=O) groups excluding carboxylic acids is 1. The van der Waals surface area contributed by atoms with Gasteiger partial charge >= 0.3 is 6.03 Å². The van der Waals surface area contributed by atoms with Gasteiger partial charge in [-0.1, -0.05) is 36.8 Å². The monoisotopic (exact) mass is 317 g/mol. The van der Waals surface area contributed by atoms with Crippen LogP contribution in [0.5, 0.6) is 0 Å². The summed E-state index contributed by atoms with van der Waals surface area (Å²) in [5.41, 5.74) is 2.56. The minimum absolute atomic E-state index is 0.102. The van der Waals surface area contributed by atoms with Gasteiger partial charge in [-0.05, 0) is 51.8 Å². The van der Waals surface area contributed by atoms with Crippen LogP contribution in [-0.2, 0) is 6.42 Å². The fraction of sp³-hybridized carbons (Fsp3) is 0.632. The van der Waals surface area contributed by atoms with E-state index in [1.54, 1.807) is 0 Å². The third-order valence-electron chi connectivity index (χ3n) is 4.62. The van der Waals surface area contributed by atoms with E-state index in [-0.39, 0.29) is 12.1 Å². The van der Waals surface area contributed by atoms with E-state index in [1.165, 1.54) is 11.1 Å². The topological polar surface area (TPSA) is 35.6 Å². The molecule has 0 aliphatic carbocycles. The van der Waals surface area contributed by atoms with Crippen LogP contribution in [0.3, 0.4) is 0 Å². The molecule has 2 rings (SSSR count). The Morgan fingerprint density at radius 1 is 1.35 bits per heavy atom. The number of hydrogen-bond acceptors (Lipinski definition) is 2. The lowest BCUT2D eigenvalue weighted by atomic mass is 10.0. The van der Waals surface area contributed by atoms with Crippen LogP contribution in [0.25, 0.3) is 0 Å². The molecule has 0 radical (unpaired) electrons. The molecule has 1 heterocycles. The second-order valence-electron chi connectivity index (χ2n) is 7.11. The molecule has 1 fully saturated rings. The largest absolute Gasteiger partial charge is 0.335 e. The van der Waals surface area contributed by atoms with Crippen LogP contribution in [0.1, 0.15) is 30.9 Å². The van der Waals surface area contributed by atoms with Crippen molar-refractivity contribution in [2.24, 2.45) is 5.92 Å². The van der Waals surface area contributed by atoms with Crippen molar-refractivity contribution < 1.29 is 4.79 Å². The SMILES string of the molecule is CC[C@H](Cc1ccc(C)cc1)NC(=O)N1CC[C@@H](CN(C)C)C1. The van der Waals surface area contributed by atoms with Crippen LogP contribution in [0.4, 0.5) is 4.79 Å². The summed E-state index contributed by atoms with van der Waals surface area (Å²) >= 11 is 0. The third-order valence-corrected chi connectivity index (χ3v) is 4.62. The minimum Gasteiger partial charge on any atom is -0.335 e. The molecule has 4 heteroatoms. The maximum absolute atomic E-state index is 12.5. The zero-order valence-electron chi connectivity index (χ0n) is 15.0. The highest BCUT2D eigenvalue weighted by atomic mass is 16.2. The van der Waals surface area contributed by atoms with Crippen molar-refractivity contribution in [1.82, 2.24) is 15.1 Å². The molecule has 0 unspecified atom stereocenters. The van der Waals surface area contributed by atoms with Crippen molar-refractivity contribution in [1.29, 1.82) is 0 Å². The lowest BCUT2D eigenvalue weighted by Gasteiger charge is -2.23. The van der Waals surface area contributed by atoms with E-state index in [1.807, 2.05) is 4.90 Å². The van der Waals surface area contributed by atoms with Gasteiger partial charge in [0.1, 0.15) is 0 Å². The van der Waals surface area contributed by atoms with Gasteiger partial charge in [0, 0.05) is 25.7 Å². The molecule has 1 aromatic rings. The number of aryl methyl sites for hydroxylation is 1. The number of nitrogens with zero attached hydrogens (tertiary/aromatic N) is 2. The minimum atomic E-state index is 0.102. The first-order valence-corrected chi connectivity index (χ1v) is 8.73. The Kier molecular flexibility index (Phi) is 6.46. The fourth-order valence-corrected chi connectivity index (χ4v) is 3.25. The van der Waals surface area contributed by atoms with Gasteiger partial charge < -0.3 is 15.1 Å². The number of urea groups is 1. The quantitative estimate of drug-likeness (QED) is 0.875. The van der Waals surface area contributed by atoms with Crippen molar-refractivity contribution in [3.05, 3.63) is 35.4 Å². The highest BCUT2D eigenvalue weighted by Crippen LogP contribution is 2.17. The number of amides is 2. The lowest BCUT2D eigenvalue weighted by molar-refractivity contribution is 0.200. The summed E-state index contributed by atoms with van der Waals surface area (Å²) in [6.07, 6.45) is 2.96. The van der Waals surface area contributed by atoms with E-state index < -0.39 is 0 Å². The Morgan fingerprint density at radius 2 is 2.04 bits per heavy atom. The number of carbonyl (C=O) groups is 1. The summed E-state index contributed by atoms with van der Waals surface area (Å²) in [7, 11) is 4.19. The molecule has 23 heavy (non-hydrogen) atoms. The zero-order valence-corrected chi connectivity index (χ0v) is 15.0. The molecule has 1 aromatic carbocycles. The molecule has 2 atom stereocenters. The van der Waals surface area contributed by atoms with Gasteiger partial charge in [-0.2, -0.15) is 0 Å². The Balaban J connectivity index is 1.84. The van der Waals surface area contributed by atoms with Crippen molar-refractivity contribution in [2.75, 3.05) is 33.7 Å². The van der Waals surface area contributed by atoms with E-state index in [0.717, 1.165) is 38.9 Å². The lowest BCUT2D eigenvalue weighted by Crippen LogP contribution is -2.44. The van der Waals surface area contributed by atoms with Crippen LogP contribution in [0.2, 0.25) is 0 Å². The van der Waals surface area contributed by atoms with Gasteiger partial charge in [-0.25, -0.2) is 4.79 Å². The summed E-state index contributed by atoms with van der Waals surface area (Å²) < 4.78 is 0. The molecule has 0 bridgehead atoms. The average molecular weight is 317 g/mol. The molecule has 128 valence electrons. The number of rotatable bonds is 6. The number of hydrogen-bond donors (Lipinski definition) is 1. The molecule has 0 saturated carbocycles. The highest BCUT2D eigenvalue weighted by Gasteiger charge is 2.27. The summed E-state index contributed by atoms with van der Waals surface area (Å²) in [6.45, 7) is 7.05. The van der Waals surface area contributed by atoms with Crippen LogP contribution in [0.15, 0.2) is 24.3 Å². The van der Waals surface area contributed by atoms with Gasteiger partial charge in [0.25, 0.3) is 0 Å². The molecule has 1 aliphatic heterocycles. The third kappa shape index (κ3) is 5.54. The van der Waals surface area contributed by atoms with Crippen LogP contribution < -0.4 is 5.32 Å². The summed E-state index contributed by atoms with van der Waals surface area (Å²) in [5, 5.41) is 3.22. The van der Waals surface area contributed by atoms with Gasteiger partial charge in [0.15, 0.2) is 0 Å². The van der Waals surface area contributed by atoms with E-state index in [4.69, 9.17) is 0 Å². The second-order valence-corrected chi connectivity index (χ2v) is 7.11. The molecule has 0 aromatic heterocycles. The molecular weight excluding hydrogens is 286 g/mol. The van der Waals surface area contributed by atoms with Crippen molar-refractivity contribution in [3.63, 3.8) is 0 Å². The molecule has 4 nitrogen and oxygen atoms in total. The first-order valence-electron chi connectivity index (χ1n) is 8.73. The highest BCUT2D eigenvalue weighted by molar-refractivity contribution is 5.74. The Hall–Kier alpha value is -1.55. The van der Waals surface area contributed by atoms with Crippen LogP contribution >= 0.6 is 0 Å². The van der Waals surface area contributed by atoms with Crippen molar-refractivity contribution in [3.8, 4) is 0 Å². The molecular formula is C19H31N3O. The predicted molar refractivity (Wildman–Crippen MR) is 95.7 cm³/mol. The first-order chi connectivity index (χ1) is 11.0. The molecule has 1 saturated heterocycles. The number of likely N-dealkylation sites (tertiary alicyclic amines) is 1. The Bertz CT molecular complexity index is 498. The summed E-state index contributed by atoms with van der Waals surface area (Å²) in [4.78, 5) is 16.7. The normalized spacial score (nSPS) is 19.2. The number of benzene rings is 1. The van der Waals surface area contributed by atoms with Crippen LogP contribution in [0, 0.1) is 12.8 Å². The summed E-state index contributed by atoms with van der Waals surface area (Å²) in [5.74, 6) is 0.605. The van der Waals surface area contributed by atoms with E-state index in [9.17, 15) is 4.79 Å². The number of nitrogens with one attached hydrogen (secondary N) is 1. The molecule has 2 amide bonds. The maximum atomic E-state index is 12.5. The molecule has 1 aliphatic rings. The van der Waals surface area contributed by atoms with Gasteiger partial charge in [0.2, 0.25) is 0 Å². The van der Waals surface area contributed by atoms with Gasteiger partial charge in [-0.15, -0.1) is 0 Å². The Morgan fingerprint density at radius 3 is 2.65 bits per heavy atom. The standard InChI is InChI=1S/C19H31N3O/c1-5-18(12-16-8-6-15(2)7-9-16)20-19(23)22-11-10-17(14-22)13-21(3)4/h6-9,17-18H,5,10-14H2,1-4H3,(H,20,23)/t17-,18+/m0/s1. The van der Waals surface area contributed by atoms with E-state index in [0.29, 0.717) is 5.92 Å².